The van der Waals surface area contributed by atoms with Crippen LogP contribution in [0.5, 0.6) is 0 Å². The molecule has 200 valence electrons. The van der Waals surface area contributed by atoms with Gasteiger partial charge in [0.25, 0.3) is 0 Å². The number of rotatable bonds is 12. The van der Waals surface area contributed by atoms with E-state index < -0.39 is 5.82 Å². The third kappa shape index (κ3) is 8.55. The molecule has 1 amide bonds. The van der Waals surface area contributed by atoms with Crippen molar-refractivity contribution in [2.45, 2.75) is 44.2 Å². The van der Waals surface area contributed by atoms with E-state index in [1.54, 1.807) is 18.3 Å². The summed E-state index contributed by atoms with van der Waals surface area (Å²) in [5.41, 5.74) is 15.9. The second kappa shape index (κ2) is 15.1. The number of halogens is 1. The first-order chi connectivity index (χ1) is 18.4. The Hall–Kier alpha value is -3.45. The normalized spacial score (nSPS) is 15.8. The molecule has 1 aliphatic heterocycles. The molecule has 2 aromatic rings. The van der Waals surface area contributed by atoms with Gasteiger partial charge in [-0.3, -0.25) is 9.79 Å². The van der Waals surface area contributed by atoms with Gasteiger partial charge in [-0.1, -0.05) is 24.3 Å². The molecule has 1 saturated heterocycles. The van der Waals surface area contributed by atoms with E-state index >= 15 is 0 Å². The van der Waals surface area contributed by atoms with Gasteiger partial charge < -0.3 is 21.5 Å². The molecule has 0 saturated carbocycles. The number of nitriles is 1. The van der Waals surface area contributed by atoms with Crippen LogP contribution in [-0.4, -0.2) is 44.5 Å². The quantitative estimate of drug-likeness (QED) is 0.0607. The van der Waals surface area contributed by atoms with Crippen molar-refractivity contribution in [3.05, 3.63) is 76.6 Å². The summed E-state index contributed by atoms with van der Waals surface area (Å²) in [4.78, 5) is 15.7. The molecule has 0 aliphatic carbocycles. The van der Waals surface area contributed by atoms with Crippen molar-refractivity contribution in [2.75, 3.05) is 25.5 Å². The average molecular weight is 536 g/mol. The van der Waals surface area contributed by atoms with Crippen LogP contribution in [0, 0.1) is 17.1 Å². The van der Waals surface area contributed by atoms with E-state index in [1.165, 1.54) is 12.1 Å². The monoisotopic (exact) mass is 535 g/mol. The summed E-state index contributed by atoms with van der Waals surface area (Å²) in [6.45, 7) is 1.99. The molecule has 0 radical (unpaired) electrons. The van der Waals surface area contributed by atoms with Gasteiger partial charge in [-0.15, -0.1) is 12.6 Å². The molecule has 38 heavy (non-hydrogen) atoms. The first-order valence-corrected chi connectivity index (χ1v) is 13.1. The summed E-state index contributed by atoms with van der Waals surface area (Å²) in [7, 11) is 0. The Morgan fingerprint density at radius 2 is 2.03 bits per heavy atom. The van der Waals surface area contributed by atoms with Crippen LogP contribution in [-0.2, 0) is 9.53 Å². The van der Waals surface area contributed by atoms with Crippen LogP contribution in [0.25, 0.3) is 10.5 Å². The highest BCUT2D eigenvalue weighted by atomic mass is 32.1. The third-order valence-electron chi connectivity index (χ3n) is 6.33. The molecule has 0 spiro atoms. The fourth-order valence-electron chi connectivity index (χ4n) is 4.10. The van der Waals surface area contributed by atoms with Crippen LogP contribution in [0.2, 0.25) is 0 Å². The van der Waals surface area contributed by atoms with E-state index in [4.69, 9.17) is 39.1 Å². The van der Waals surface area contributed by atoms with E-state index in [9.17, 15) is 9.18 Å². The van der Waals surface area contributed by atoms with Gasteiger partial charge in [0.1, 0.15) is 11.9 Å². The molecule has 9 heteroatoms. The number of allylic oxidation sites excluding steroid dienone is 2. The van der Waals surface area contributed by atoms with Gasteiger partial charge in [-0.05, 0) is 73.1 Å². The van der Waals surface area contributed by atoms with Crippen LogP contribution >= 0.6 is 12.6 Å². The predicted octanol–water partition coefficient (Wildman–Crippen LogP) is 4.48. The maximum Gasteiger partial charge on any atom is 0.207 e. The number of amides is 1. The number of nitrogens with two attached hydrogens (primary N) is 2. The predicted molar refractivity (Wildman–Crippen MR) is 154 cm³/mol. The van der Waals surface area contributed by atoms with E-state index in [1.807, 2.05) is 30.4 Å². The topological polar surface area (TPSA) is 127 Å². The second-order valence-electron chi connectivity index (χ2n) is 9.15. The Balaban J connectivity index is 1.91. The Labute approximate surface area is 228 Å². The zero-order chi connectivity index (χ0) is 27.3. The number of thiol groups is 1. The van der Waals surface area contributed by atoms with Crippen LogP contribution in [0.15, 0.2) is 53.5 Å². The maximum atomic E-state index is 14.5. The van der Waals surface area contributed by atoms with Crippen LogP contribution in [0.3, 0.4) is 0 Å². The Kier molecular flexibility index (Phi) is 11.6. The number of ether oxygens (including phenoxy) is 1. The van der Waals surface area contributed by atoms with E-state index in [0.717, 1.165) is 36.8 Å². The lowest BCUT2D eigenvalue weighted by Gasteiger charge is -2.18. The van der Waals surface area contributed by atoms with Gasteiger partial charge >= 0.3 is 0 Å². The summed E-state index contributed by atoms with van der Waals surface area (Å²) >= 11 is 4.83. The lowest BCUT2D eigenvalue weighted by Crippen LogP contribution is -2.21. The molecular formula is C29H34FN5O2S. The molecule has 0 bridgehead atoms. The van der Waals surface area contributed by atoms with Crippen molar-refractivity contribution in [3.8, 4) is 6.07 Å². The Bertz CT molecular complexity index is 1230. The van der Waals surface area contributed by atoms with Crippen molar-refractivity contribution in [2.24, 2.45) is 10.7 Å². The van der Waals surface area contributed by atoms with Gasteiger partial charge in [0.05, 0.1) is 11.6 Å². The summed E-state index contributed by atoms with van der Waals surface area (Å²) in [5.74, 6) is -0.599. The molecule has 5 N–H and O–H groups in total. The van der Waals surface area contributed by atoms with Gasteiger partial charge in [-0.2, -0.15) is 5.26 Å². The Morgan fingerprint density at radius 1 is 1.26 bits per heavy atom. The first kappa shape index (κ1) is 29.1. The van der Waals surface area contributed by atoms with Gasteiger partial charge in [-0.25, -0.2) is 4.39 Å². The number of nitrogen functional groups attached to an aromatic ring is 1. The number of carbonyl (C=O) groups excluding carboxylic acids is 1. The van der Waals surface area contributed by atoms with Crippen molar-refractivity contribution in [1.82, 2.24) is 5.32 Å². The fraction of sp³-hybridized carbons (Fsp3) is 0.345. The minimum Gasteiger partial charge on any atom is -0.398 e. The molecule has 3 rings (SSSR count). The van der Waals surface area contributed by atoms with Crippen LogP contribution in [0.4, 0.5) is 10.1 Å². The van der Waals surface area contributed by atoms with Crippen molar-refractivity contribution < 1.29 is 13.9 Å². The third-order valence-corrected chi connectivity index (χ3v) is 6.83. The number of aliphatic imine (C=N–C) groups is 1. The van der Waals surface area contributed by atoms with E-state index in [2.05, 4.69) is 5.32 Å². The number of anilines is 1. The largest absolute Gasteiger partial charge is 0.398 e. The molecule has 1 unspecified atom stereocenters. The number of hydrogen-bond donors (Lipinski definition) is 4. The Morgan fingerprint density at radius 3 is 2.74 bits per heavy atom. The number of carbonyl (C=O) groups is 1. The van der Waals surface area contributed by atoms with Gasteiger partial charge in [0, 0.05) is 48.2 Å². The zero-order valence-corrected chi connectivity index (χ0v) is 22.2. The molecule has 2 aromatic carbocycles. The van der Waals surface area contributed by atoms with Gasteiger partial charge in [0.15, 0.2) is 0 Å². The molecule has 0 aromatic heterocycles. The molecule has 7 nitrogen and oxygen atoms in total. The highest BCUT2D eigenvalue weighted by Crippen LogP contribution is 2.33. The SMILES string of the molecule is N#Cc1ccc(C(/C=C/CC(N)CCCNC=O)=C(/S)c2ccc(N)c(C=NC3CCOCC3)c2)cc1F. The number of hydrogen-bond acceptors (Lipinski definition) is 7. The highest BCUT2D eigenvalue weighted by Gasteiger charge is 2.13. The molecule has 1 atom stereocenters. The van der Waals surface area contributed by atoms with Crippen LogP contribution in [0.1, 0.15) is 54.4 Å². The van der Waals surface area contributed by atoms with E-state index in [-0.39, 0.29) is 17.6 Å². The molecule has 1 heterocycles. The molecule has 1 fully saturated rings. The smallest absolute Gasteiger partial charge is 0.207 e. The second-order valence-corrected chi connectivity index (χ2v) is 9.59. The number of nitrogens with zero attached hydrogens (tertiary/aromatic N) is 2. The lowest BCUT2D eigenvalue weighted by molar-refractivity contribution is -0.109. The van der Waals surface area contributed by atoms with Crippen LogP contribution < -0.4 is 16.8 Å². The number of benzene rings is 2. The summed E-state index contributed by atoms with van der Waals surface area (Å²) in [5, 5.41) is 11.8. The molecule has 1 aliphatic rings. The standard InChI is InChI=1S/C29H34FN5O2S/c30-27-16-20(6-7-22(27)17-31)26(5-1-3-24(32)4-2-12-34-19-36)29(38)21-8-9-28(33)23(15-21)18-35-25-10-13-37-14-11-25/h1,5-9,15-16,18-19,24-25,38H,2-4,10-14,32-33H2,(H,34,36)/b5-1+,29-26+,35-18?. The number of nitrogens with one attached hydrogen (secondary N) is 1. The maximum absolute atomic E-state index is 14.5. The van der Waals surface area contributed by atoms with Crippen molar-refractivity contribution in [3.63, 3.8) is 0 Å². The average Bonchev–Trinajstić information content (AvgIpc) is 2.93. The fourth-order valence-corrected chi connectivity index (χ4v) is 4.44. The minimum absolute atomic E-state index is 0.0251. The lowest BCUT2D eigenvalue weighted by atomic mass is 9.98. The van der Waals surface area contributed by atoms with Crippen molar-refractivity contribution >= 4 is 41.4 Å². The summed E-state index contributed by atoms with van der Waals surface area (Å²) in [6, 6.07) is 12.1. The summed E-state index contributed by atoms with van der Waals surface area (Å²) < 4.78 is 19.9. The van der Waals surface area contributed by atoms with E-state index in [0.29, 0.717) is 54.3 Å². The summed E-state index contributed by atoms with van der Waals surface area (Å²) in [6.07, 6.45) is 10.2. The first-order valence-electron chi connectivity index (χ1n) is 12.7. The zero-order valence-electron chi connectivity index (χ0n) is 21.3. The minimum atomic E-state index is -0.599. The molecular weight excluding hydrogens is 501 g/mol. The van der Waals surface area contributed by atoms with Crippen molar-refractivity contribution in [1.29, 1.82) is 5.26 Å². The highest BCUT2D eigenvalue weighted by molar-refractivity contribution is 7.90. The van der Waals surface area contributed by atoms with Gasteiger partial charge in [0.2, 0.25) is 6.41 Å².